The lowest BCUT2D eigenvalue weighted by atomic mass is 9.98. The molecule has 0 bridgehead atoms. The average molecular weight is 486 g/mol. The molecule has 0 heterocycles. The molecule has 0 aromatic heterocycles. The van der Waals surface area contributed by atoms with Gasteiger partial charge in [0.1, 0.15) is 11.5 Å². The normalized spacial score (nSPS) is 11.7. The fourth-order valence-corrected chi connectivity index (χ4v) is 3.56. The van der Waals surface area contributed by atoms with E-state index in [9.17, 15) is 14.7 Å². The summed E-state index contributed by atoms with van der Waals surface area (Å²) in [7, 11) is 3.25. The van der Waals surface area contributed by atoms with Gasteiger partial charge in [-0.15, -0.1) is 12.8 Å². The molecule has 0 amide bonds. The number of carboxylic acids is 2. The topological polar surface area (TPSA) is 95.9 Å². The second-order valence-electron chi connectivity index (χ2n) is 8.05. The summed E-state index contributed by atoms with van der Waals surface area (Å²) in [6, 6.07) is 22.7. The van der Waals surface area contributed by atoms with Crippen LogP contribution in [0.3, 0.4) is 0 Å². The highest BCUT2D eigenvalue weighted by atomic mass is 16.5. The maximum absolute atomic E-state index is 10.9. The van der Waals surface area contributed by atoms with E-state index in [1.807, 2.05) is 72.8 Å². The van der Waals surface area contributed by atoms with E-state index in [2.05, 4.69) is 12.8 Å². The summed E-state index contributed by atoms with van der Waals surface area (Å²) in [6.07, 6.45) is 8.00. The van der Waals surface area contributed by atoms with Crippen LogP contribution in [0.4, 0.5) is 0 Å². The van der Waals surface area contributed by atoms with Gasteiger partial charge in [0.25, 0.3) is 0 Å². The molecule has 186 valence electrons. The summed E-state index contributed by atoms with van der Waals surface area (Å²) >= 11 is 0. The molecular formula is C30H29O6-. The Balaban J connectivity index is 0.000000237. The fourth-order valence-electron chi connectivity index (χ4n) is 3.56. The van der Waals surface area contributed by atoms with Crippen LogP contribution in [0.15, 0.2) is 72.8 Å². The zero-order chi connectivity index (χ0) is 26.8. The molecule has 4 aromatic rings. The number of methoxy groups -OCH3 is 2. The lowest BCUT2D eigenvalue weighted by molar-refractivity contribution is -0.307. The predicted molar refractivity (Wildman–Crippen MR) is 140 cm³/mol. The SMILES string of the molecule is C#C.COc1ccc2cc(C(C)C(=O)O)ccc2c1.COc1ccc2cc(C(C)C(=O)[O-])ccc2c1. The lowest BCUT2D eigenvalue weighted by Crippen LogP contribution is -2.27. The molecule has 2 unspecified atom stereocenters. The number of hydrogen-bond donors (Lipinski definition) is 1. The summed E-state index contributed by atoms with van der Waals surface area (Å²) in [6.45, 7) is 3.31. The molecule has 6 nitrogen and oxygen atoms in total. The Morgan fingerprint density at radius 1 is 0.694 bits per heavy atom. The zero-order valence-electron chi connectivity index (χ0n) is 20.7. The first-order valence-corrected chi connectivity index (χ1v) is 11.2. The first-order chi connectivity index (χ1) is 17.2. The minimum absolute atomic E-state index is 0.485. The van der Waals surface area contributed by atoms with Crippen LogP contribution in [0.1, 0.15) is 36.8 Å². The minimum atomic E-state index is -1.06. The van der Waals surface area contributed by atoms with Gasteiger partial charge in [0.05, 0.1) is 20.1 Å². The summed E-state index contributed by atoms with van der Waals surface area (Å²) in [5, 5.41) is 23.9. The summed E-state index contributed by atoms with van der Waals surface area (Å²) in [4.78, 5) is 21.7. The number of terminal acetylenes is 1. The Bertz CT molecular complexity index is 1270. The third kappa shape index (κ3) is 6.77. The maximum Gasteiger partial charge on any atom is 0.310 e. The van der Waals surface area contributed by atoms with E-state index in [1.54, 1.807) is 28.1 Å². The highest BCUT2D eigenvalue weighted by Gasteiger charge is 2.13. The smallest absolute Gasteiger partial charge is 0.310 e. The summed E-state index contributed by atoms with van der Waals surface area (Å²) in [5.41, 5.74) is 1.57. The lowest BCUT2D eigenvalue weighted by Gasteiger charge is -2.13. The molecule has 6 heteroatoms. The van der Waals surface area contributed by atoms with E-state index >= 15 is 0 Å². The Morgan fingerprint density at radius 3 is 1.42 bits per heavy atom. The van der Waals surface area contributed by atoms with Crippen LogP contribution < -0.4 is 14.6 Å². The first-order valence-electron chi connectivity index (χ1n) is 11.2. The van der Waals surface area contributed by atoms with Crippen molar-refractivity contribution in [1.82, 2.24) is 0 Å². The molecule has 1 N–H and O–H groups in total. The van der Waals surface area contributed by atoms with Gasteiger partial charge in [-0.05, 0) is 63.9 Å². The van der Waals surface area contributed by atoms with Crippen LogP contribution >= 0.6 is 0 Å². The van der Waals surface area contributed by atoms with Gasteiger partial charge in [-0.1, -0.05) is 55.5 Å². The summed E-state index contributed by atoms with van der Waals surface area (Å²) < 4.78 is 10.3. The van der Waals surface area contributed by atoms with Crippen molar-refractivity contribution < 1.29 is 29.3 Å². The van der Waals surface area contributed by atoms with Crippen molar-refractivity contribution in [2.24, 2.45) is 0 Å². The van der Waals surface area contributed by atoms with Gasteiger partial charge in [-0.3, -0.25) is 4.79 Å². The minimum Gasteiger partial charge on any atom is -0.550 e. The van der Waals surface area contributed by atoms with Gasteiger partial charge in [-0.2, -0.15) is 0 Å². The monoisotopic (exact) mass is 485 g/mol. The van der Waals surface area contributed by atoms with Gasteiger partial charge in [0, 0.05) is 11.9 Å². The number of carbonyl (C=O) groups is 2. The van der Waals surface area contributed by atoms with Gasteiger partial charge in [-0.25, -0.2) is 0 Å². The largest absolute Gasteiger partial charge is 0.550 e. The Labute approximate surface area is 211 Å². The van der Waals surface area contributed by atoms with E-state index in [0.717, 1.165) is 44.2 Å². The standard InChI is InChI=1S/2C14H14O3.C2H2/c2*1-9(14(15)16)10-3-4-12-8-13(17-2)6-5-11(12)7-10;1-2/h2*3-9H,1-2H3,(H,15,16);1-2H/p-1. The van der Waals surface area contributed by atoms with Crippen LogP contribution in [-0.2, 0) is 9.59 Å². The van der Waals surface area contributed by atoms with Crippen molar-refractivity contribution >= 4 is 33.5 Å². The van der Waals surface area contributed by atoms with Crippen molar-refractivity contribution in [3.05, 3.63) is 83.9 Å². The number of benzene rings is 4. The molecule has 0 saturated heterocycles. The first kappa shape index (κ1) is 27.7. The van der Waals surface area contributed by atoms with E-state index in [1.165, 1.54) is 0 Å². The van der Waals surface area contributed by atoms with Gasteiger partial charge >= 0.3 is 5.97 Å². The maximum atomic E-state index is 10.9. The number of fused-ring (bicyclic) bond motifs is 2. The van der Waals surface area contributed by atoms with Crippen molar-refractivity contribution in [2.75, 3.05) is 14.2 Å². The predicted octanol–water partition coefficient (Wildman–Crippen LogP) is 4.99. The molecule has 0 spiro atoms. The van der Waals surface area contributed by atoms with Crippen LogP contribution in [0.2, 0.25) is 0 Å². The number of aliphatic carboxylic acids is 2. The molecule has 0 aliphatic heterocycles. The fraction of sp³-hybridized carbons (Fsp3) is 0.200. The van der Waals surface area contributed by atoms with Gasteiger partial charge in [0.15, 0.2) is 0 Å². The zero-order valence-corrected chi connectivity index (χ0v) is 20.7. The number of carbonyl (C=O) groups excluding carboxylic acids is 1. The van der Waals surface area contributed by atoms with E-state index in [-0.39, 0.29) is 0 Å². The second-order valence-corrected chi connectivity index (χ2v) is 8.05. The van der Waals surface area contributed by atoms with Crippen molar-refractivity contribution in [3.8, 4) is 24.3 Å². The Hall–Kier alpha value is -4.50. The second kappa shape index (κ2) is 12.8. The van der Waals surface area contributed by atoms with E-state index < -0.39 is 23.8 Å². The van der Waals surface area contributed by atoms with Crippen molar-refractivity contribution in [2.45, 2.75) is 25.7 Å². The van der Waals surface area contributed by atoms with Crippen LogP contribution in [0, 0.1) is 12.8 Å². The highest BCUT2D eigenvalue weighted by molar-refractivity contribution is 5.87. The van der Waals surface area contributed by atoms with Crippen LogP contribution in [0.25, 0.3) is 21.5 Å². The van der Waals surface area contributed by atoms with Crippen LogP contribution in [-0.4, -0.2) is 31.3 Å². The van der Waals surface area contributed by atoms with Gasteiger partial charge < -0.3 is 24.5 Å². The van der Waals surface area contributed by atoms with Gasteiger partial charge in [0.2, 0.25) is 0 Å². The van der Waals surface area contributed by atoms with Crippen molar-refractivity contribution in [1.29, 1.82) is 0 Å². The number of carboxylic acid groups (broad SMARTS) is 2. The number of hydrogen-bond acceptors (Lipinski definition) is 5. The molecule has 0 fully saturated rings. The molecule has 0 saturated carbocycles. The average Bonchev–Trinajstić information content (AvgIpc) is 2.92. The third-order valence-electron chi connectivity index (χ3n) is 5.87. The molecule has 4 rings (SSSR count). The number of rotatable bonds is 6. The van der Waals surface area contributed by atoms with E-state index in [4.69, 9.17) is 14.6 Å². The van der Waals surface area contributed by atoms with E-state index in [0.29, 0.717) is 0 Å². The number of ether oxygens (including phenoxy) is 2. The quantitative estimate of drug-likeness (QED) is 0.387. The molecular weight excluding hydrogens is 456 g/mol. The third-order valence-corrected chi connectivity index (χ3v) is 5.87. The molecule has 0 aliphatic carbocycles. The van der Waals surface area contributed by atoms with Crippen molar-refractivity contribution in [3.63, 3.8) is 0 Å². The van der Waals surface area contributed by atoms with Crippen LogP contribution in [0.5, 0.6) is 11.5 Å². The molecule has 0 radical (unpaired) electrons. The Morgan fingerprint density at radius 2 is 1.06 bits per heavy atom. The molecule has 4 aromatic carbocycles. The Kier molecular flexibility index (Phi) is 9.88. The highest BCUT2D eigenvalue weighted by Crippen LogP contribution is 2.26. The molecule has 2 atom stereocenters. The summed E-state index contributed by atoms with van der Waals surface area (Å²) in [5.74, 6) is -1.35. The molecule has 36 heavy (non-hydrogen) atoms. The molecule has 0 aliphatic rings.